The first kappa shape index (κ1) is 15.5. The highest BCUT2D eigenvalue weighted by Crippen LogP contribution is 2.60. The third-order valence-corrected chi connectivity index (χ3v) is 4.84. The number of carbonyl (C=O) groups is 1. The van der Waals surface area contributed by atoms with Crippen LogP contribution in [0.4, 0.5) is 0 Å². The highest BCUT2D eigenvalue weighted by Gasteiger charge is 2.34. The van der Waals surface area contributed by atoms with Gasteiger partial charge in [0.1, 0.15) is 5.75 Å². The van der Waals surface area contributed by atoms with Gasteiger partial charge in [-0.2, -0.15) is 0 Å². The molecule has 1 aromatic rings. The summed E-state index contributed by atoms with van der Waals surface area (Å²) in [6.45, 7) is 2.00. The first-order valence-electron chi connectivity index (χ1n) is 6.61. The molecule has 0 fully saturated rings. The highest BCUT2D eigenvalue weighted by molar-refractivity contribution is 7.59. The van der Waals surface area contributed by atoms with Crippen LogP contribution in [0.15, 0.2) is 41.7 Å². The zero-order chi connectivity index (χ0) is 15.5. The second-order valence-corrected chi connectivity index (χ2v) is 6.63. The van der Waals surface area contributed by atoms with Gasteiger partial charge in [-0.1, -0.05) is 18.2 Å². The first-order chi connectivity index (χ1) is 9.96. The minimum absolute atomic E-state index is 0.196. The highest BCUT2D eigenvalue weighted by atomic mass is 31.2. The molecule has 5 nitrogen and oxygen atoms in total. The van der Waals surface area contributed by atoms with E-state index < -0.39 is 7.60 Å². The van der Waals surface area contributed by atoms with E-state index in [1.54, 1.807) is 39.2 Å². The van der Waals surface area contributed by atoms with Crippen molar-refractivity contribution in [3.8, 4) is 5.75 Å². The van der Waals surface area contributed by atoms with Gasteiger partial charge in [0.05, 0.1) is 11.9 Å². The van der Waals surface area contributed by atoms with E-state index in [4.69, 9.17) is 9.05 Å². The van der Waals surface area contributed by atoms with Gasteiger partial charge in [0.25, 0.3) is 0 Å². The normalized spacial score (nSPS) is 20.6. The van der Waals surface area contributed by atoms with Crippen molar-refractivity contribution in [1.29, 1.82) is 0 Å². The molecule has 21 heavy (non-hydrogen) atoms. The molecule has 1 unspecified atom stereocenters. The van der Waals surface area contributed by atoms with Crippen LogP contribution in [-0.4, -0.2) is 31.5 Å². The number of para-hydroxylation sites is 1. The molecule has 112 valence electrons. The lowest BCUT2D eigenvalue weighted by Crippen LogP contribution is -2.18. The number of rotatable bonds is 4. The third-order valence-electron chi connectivity index (χ3n) is 2.89. The zero-order valence-corrected chi connectivity index (χ0v) is 13.2. The monoisotopic (exact) mass is 307 g/mol. The molecule has 1 aliphatic heterocycles. The molecule has 0 saturated heterocycles. The molecule has 1 heterocycles. The largest absolute Gasteiger partial charge is 0.421 e. The van der Waals surface area contributed by atoms with Gasteiger partial charge in [-0.25, -0.2) is 4.57 Å². The van der Waals surface area contributed by atoms with Crippen molar-refractivity contribution in [3.63, 3.8) is 0 Å². The molecule has 0 saturated carbocycles. The predicted molar refractivity (Wildman–Crippen MR) is 82.1 cm³/mol. The number of amides is 1. The van der Waals surface area contributed by atoms with Crippen LogP contribution >= 0.6 is 7.60 Å². The number of nitrogens with zero attached hydrogens (tertiary/aromatic N) is 1. The Balaban J connectivity index is 2.40. The Morgan fingerprint density at radius 2 is 2.10 bits per heavy atom. The van der Waals surface area contributed by atoms with Crippen LogP contribution in [0.5, 0.6) is 5.75 Å². The summed E-state index contributed by atoms with van der Waals surface area (Å²) in [5.74, 6) is 0.322. The van der Waals surface area contributed by atoms with Gasteiger partial charge in [0.2, 0.25) is 5.91 Å². The summed E-state index contributed by atoms with van der Waals surface area (Å²) < 4.78 is 23.7. The lowest BCUT2D eigenvalue weighted by molar-refractivity contribution is -0.123. The molecule has 0 bridgehead atoms. The van der Waals surface area contributed by atoms with Crippen LogP contribution in [0.2, 0.25) is 0 Å². The molecule has 0 aliphatic carbocycles. The van der Waals surface area contributed by atoms with Crippen molar-refractivity contribution in [2.45, 2.75) is 6.92 Å². The number of benzene rings is 1. The molecule has 0 spiro atoms. The zero-order valence-electron chi connectivity index (χ0n) is 12.3. The molecule has 0 N–H and O–H groups in total. The summed E-state index contributed by atoms with van der Waals surface area (Å²) in [6, 6.07) is 7.26. The van der Waals surface area contributed by atoms with E-state index in [1.165, 1.54) is 17.1 Å². The summed E-state index contributed by atoms with van der Waals surface area (Å²) in [6.07, 6.45) is 4.58. The van der Waals surface area contributed by atoms with Crippen molar-refractivity contribution in [3.05, 3.63) is 47.3 Å². The molecule has 1 aliphatic rings. The van der Waals surface area contributed by atoms with Crippen LogP contribution < -0.4 is 4.52 Å². The van der Waals surface area contributed by atoms with E-state index in [1.807, 2.05) is 12.1 Å². The summed E-state index contributed by atoms with van der Waals surface area (Å²) in [4.78, 5) is 13.1. The van der Waals surface area contributed by atoms with Gasteiger partial charge in [-0.15, -0.1) is 0 Å². The average molecular weight is 307 g/mol. The minimum Gasteiger partial charge on any atom is -0.421 e. The molecular weight excluding hydrogens is 289 g/mol. The van der Waals surface area contributed by atoms with Crippen molar-refractivity contribution in [2.75, 3.05) is 20.7 Å². The summed E-state index contributed by atoms with van der Waals surface area (Å²) in [7, 11) is -0.141. The topological polar surface area (TPSA) is 55.8 Å². The molecule has 0 aromatic heterocycles. The second kappa shape index (κ2) is 6.29. The Bertz CT molecular complexity index is 649. The van der Waals surface area contributed by atoms with E-state index in [2.05, 4.69) is 0 Å². The molecule has 0 radical (unpaired) electrons. The standard InChI is InChI=1S/C15H18NO4P/c1-4-19-21(18)13(9-10-15(17)16(2)3)11-12-7-5-6-8-14(12)20-21/h5-11H,4H2,1-3H3/b10-9+. The summed E-state index contributed by atoms with van der Waals surface area (Å²) >= 11 is 0. The van der Waals surface area contributed by atoms with E-state index in [9.17, 15) is 9.36 Å². The Morgan fingerprint density at radius 3 is 2.76 bits per heavy atom. The van der Waals surface area contributed by atoms with Crippen LogP contribution in [0, 0.1) is 0 Å². The molecule has 1 amide bonds. The number of fused-ring (bicyclic) bond motifs is 1. The molecule has 1 atom stereocenters. The van der Waals surface area contributed by atoms with E-state index >= 15 is 0 Å². The maximum absolute atomic E-state index is 12.8. The second-order valence-electron chi connectivity index (χ2n) is 4.68. The van der Waals surface area contributed by atoms with Gasteiger partial charge in [-0.3, -0.25) is 9.32 Å². The Kier molecular flexibility index (Phi) is 4.66. The average Bonchev–Trinajstić information content (AvgIpc) is 2.44. The van der Waals surface area contributed by atoms with E-state index in [0.717, 1.165) is 5.56 Å². The van der Waals surface area contributed by atoms with Gasteiger partial charge in [0, 0.05) is 25.7 Å². The predicted octanol–water partition coefficient (Wildman–Crippen LogP) is 3.29. The van der Waals surface area contributed by atoms with Crippen LogP contribution in [0.25, 0.3) is 6.08 Å². The maximum atomic E-state index is 12.8. The van der Waals surface area contributed by atoms with Crippen molar-refractivity contribution >= 4 is 19.6 Å². The van der Waals surface area contributed by atoms with Crippen LogP contribution in [0.1, 0.15) is 12.5 Å². The Hall–Kier alpha value is -1.84. The number of allylic oxidation sites excluding steroid dienone is 2. The summed E-state index contributed by atoms with van der Waals surface area (Å²) in [5.41, 5.74) is 0.806. The maximum Gasteiger partial charge on any atom is 0.410 e. The Labute approximate surface area is 124 Å². The summed E-state index contributed by atoms with van der Waals surface area (Å²) in [5, 5.41) is 0.373. The number of carbonyl (C=O) groups excluding carboxylic acids is 1. The fourth-order valence-electron chi connectivity index (χ4n) is 1.82. The van der Waals surface area contributed by atoms with Crippen LogP contribution in [0.3, 0.4) is 0 Å². The smallest absolute Gasteiger partial charge is 0.410 e. The third kappa shape index (κ3) is 3.43. The molecule has 6 heteroatoms. The van der Waals surface area contributed by atoms with Gasteiger partial charge >= 0.3 is 7.60 Å². The van der Waals surface area contributed by atoms with E-state index in [-0.39, 0.29) is 12.5 Å². The fraction of sp³-hybridized carbons (Fsp3) is 0.267. The minimum atomic E-state index is -3.44. The van der Waals surface area contributed by atoms with Gasteiger partial charge < -0.3 is 9.42 Å². The van der Waals surface area contributed by atoms with Gasteiger partial charge in [0.15, 0.2) is 0 Å². The lowest BCUT2D eigenvalue weighted by atomic mass is 10.2. The van der Waals surface area contributed by atoms with Crippen molar-refractivity contribution in [1.82, 2.24) is 4.90 Å². The number of likely N-dealkylation sites (N-methyl/N-ethyl adjacent to an activating group) is 1. The molecule has 1 aromatic carbocycles. The molecule has 2 rings (SSSR count). The van der Waals surface area contributed by atoms with Crippen LogP contribution in [-0.2, 0) is 13.9 Å². The number of hydrogen-bond donors (Lipinski definition) is 0. The van der Waals surface area contributed by atoms with E-state index in [0.29, 0.717) is 11.1 Å². The van der Waals surface area contributed by atoms with Crippen molar-refractivity contribution in [2.24, 2.45) is 0 Å². The SMILES string of the molecule is CCOP1(=O)Oc2ccccc2C=C1/C=C/C(=O)N(C)C. The van der Waals surface area contributed by atoms with Crippen molar-refractivity contribution < 1.29 is 18.4 Å². The van der Waals surface area contributed by atoms with Gasteiger partial charge in [-0.05, 0) is 25.1 Å². The number of hydrogen-bond acceptors (Lipinski definition) is 4. The fourth-order valence-corrected chi connectivity index (χ4v) is 3.45. The lowest BCUT2D eigenvalue weighted by Gasteiger charge is -2.24. The first-order valence-corrected chi connectivity index (χ1v) is 8.15. The Morgan fingerprint density at radius 1 is 1.38 bits per heavy atom. The quantitative estimate of drug-likeness (QED) is 0.632. The molecular formula is C15H18NO4P.